The van der Waals surface area contributed by atoms with Crippen LogP contribution >= 0.6 is 0 Å². The molecule has 2 rings (SSSR count). The molecule has 0 fully saturated rings. The van der Waals surface area contributed by atoms with E-state index in [1.54, 1.807) is 0 Å². The molecule has 0 aliphatic rings. The molecular weight excluding hydrogens is 544 g/mol. The SMILES string of the molecule is CCCCNC(=O)CN(CCCNC(=O)c1cc(B(O)O)cc([N+](=O)[O-])c1)C(=O)c1cc(B(O)O)cc([N+](=O)[O-])c1. The number of rotatable bonds is 15. The normalized spacial score (nSPS) is 10.5. The first kappa shape index (κ1) is 32.8. The molecule has 218 valence electrons. The lowest BCUT2D eigenvalue weighted by molar-refractivity contribution is -0.385. The number of benzene rings is 2. The Hall–Kier alpha value is -4.38. The second kappa shape index (κ2) is 15.4. The van der Waals surface area contributed by atoms with E-state index >= 15 is 0 Å². The average Bonchev–Trinajstić information content (AvgIpc) is 2.93. The zero-order valence-electron chi connectivity index (χ0n) is 22.1. The third-order valence-electron chi connectivity index (χ3n) is 5.77. The van der Waals surface area contributed by atoms with Gasteiger partial charge in [-0.15, -0.1) is 0 Å². The van der Waals surface area contributed by atoms with Crippen molar-refractivity contribution >= 4 is 54.3 Å². The number of amides is 3. The molecule has 0 saturated heterocycles. The Morgan fingerprint density at radius 2 is 1.32 bits per heavy atom. The van der Waals surface area contributed by atoms with E-state index < -0.39 is 59.7 Å². The predicted molar refractivity (Wildman–Crippen MR) is 147 cm³/mol. The van der Waals surface area contributed by atoms with Crippen molar-refractivity contribution in [1.82, 2.24) is 15.5 Å². The van der Waals surface area contributed by atoms with Crippen LogP contribution in [0.2, 0.25) is 0 Å². The van der Waals surface area contributed by atoms with Gasteiger partial charge in [-0.3, -0.25) is 34.6 Å². The van der Waals surface area contributed by atoms with Gasteiger partial charge in [0, 0.05) is 55.0 Å². The highest BCUT2D eigenvalue weighted by Crippen LogP contribution is 2.15. The van der Waals surface area contributed by atoms with Crippen LogP contribution in [0.25, 0.3) is 0 Å². The summed E-state index contributed by atoms with van der Waals surface area (Å²) >= 11 is 0. The Kier molecular flexibility index (Phi) is 12.3. The molecule has 0 radical (unpaired) electrons. The number of nitro benzene ring substituents is 2. The van der Waals surface area contributed by atoms with Crippen LogP contribution < -0.4 is 21.6 Å². The van der Waals surface area contributed by atoms with Gasteiger partial charge in [0.05, 0.1) is 16.4 Å². The van der Waals surface area contributed by atoms with E-state index in [0.29, 0.717) is 13.0 Å². The van der Waals surface area contributed by atoms with Crippen LogP contribution in [0.5, 0.6) is 0 Å². The molecule has 0 aromatic heterocycles. The second-order valence-electron chi connectivity index (χ2n) is 8.93. The molecule has 2 aromatic rings. The summed E-state index contributed by atoms with van der Waals surface area (Å²) in [6.45, 7) is 1.66. The molecule has 3 amide bonds. The lowest BCUT2D eigenvalue weighted by Crippen LogP contribution is -2.42. The van der Waals surface area contributed by atoms with Gasteiger partial charge in [0.2, 0.25) is 5.91 Å². The van der Waals surface area contributed by atoms with Crippen molar-refractivity contribution in [2.45, 2.75) is 26.2 Å². The van der Waals surface area contributed by atoms with E-state index in [9.17, 15) is 54.7 Å². The molecule has 41 heavy (non-hydrogen) atoms. The molecule has 6 N–H and O–H groups in total. The van der Waals surface area contributed by atoms with Gasteiger partial charge in [0.15, 0.2) is 0 Å². The molecule has 0 heterocycles. The highest BCUT2D eigenvalue weighted by atomic mass is 16.6. The van der Waals surface area contributed by atoms with Crippen molar-refractivity contribution in [1.29, 1.82) is 0 Å². The van der Waals surface area contributed by atoms with E-state index in [1.807, 2.05) is 6.92 Å². The first-order chi connectivity index (χ1) is 19.3. The molecule has 0 atom stereocenters. The molecule has 16 nitrogen and oxygen atoms in total. The largest absolute Gasteiger partial charge is 0.488 e. The Morgan fingerprint density at radius 1 is 0.805 bits per heavy atom. The van der Waals surface area contributed by atoms with E-state index in [0.717, 1.165) is 47.7 Å². The van der Waals surface area contributed by atoms with Gasteiger partial charge < -0.3 is 35.6 Å². The minimum atomic E-state index is -2.09. The van der Waals surface area contributed by atoms with Gasteiger partial charge in [0.1, 0.15) is 0 Å². The van der Waals surface area contributed by atoms with Crippen LogP contribution in [0.3, 0.4) is 0 Å². The number of nitrogens with zero attached hydrogens (tertiary/aromatic N) is 3. The fourth-order valence-corrected chi connectivity index (χ4v) is 3.68. The number of unbranched alkanes of at least 4 members (excludes halogenated alkanes) is 1. The van der Waals surface area contributed by atoms with Gasteiger partial charge in [-0.25, -0.2) is 0 Å². The Balaban J connectivity index is 2.19. The zero-order chi connectivity index (χ0) is 30.7. The summed E-state index contributed by atoms with van der Waals surface area (Å²) in [4.78, 5) is 60.2. The van der Waals surface area contributed by atoms with Crippen LogP contribution in [-0.2, 0) is 4.79 Å². The fraction of sp³-hybridized carbons (Fsp3) is 0.348. The summed E-state index contributed by atoms with van der Waals surface area (Å²) in [5.74, 6) is -2.09. The molecular formula is C23H29B2N5O11. The smallest absolute Gasteiger partial charge is 0.423 e. The minimum Gasteiger partial charge on any atom is -0.423 e. The van der Waals surface area contributed by atoms with Crippen LogP contribution in [0, 0.1) is 20.2 Å². The maximum Gasteiger partial charge on any atom is 0.488 e. The molecule has 0 unspecified atom stereocenters. The number of nitro groups is 2. The summed E-state index contributed by atoms with van der Waals surface area (Å²) in [5.41, 5.74) is -2.14. The Bertz CT molecular complexity index is 1290. The number of nitrogens with one attached hydrogen (secondary N) is 2. The van der Waals surface area contributed by atoms with Crippen LogP contribution in [0.15, 0.2) is 36.4 Å². The van der Waals surface area contributed by atoms with Crippen molar-refractivity contribution in [3.05, 3.63) is 67.8 Å². The van der Waals surface area contributed by atoms with Crippen molar-refractivity contribution in [3.8, 4) is 0 Å². The van der Waals surface area contributed by atoms with Crippen LogP contribution in [0.4, 0.5) is 11.4 Å². The topological polar surface area (TPSA) is 246 Å². The third kappa shape index (κ3) is 9.95. The number of hydrogen-bond acceptors (Lipinski definition) is 11. The third-order valence-corrected chi connectivity index (χ3v) is 5.77. The van der Waals surface area contributed by atoms with E-state index in [4.69, 9.17) is 0 Å². The van der Waals surface area contributed by atoms with Crippen molar-refractivity contribution in [2.24, 2.45) is 0 Å². The van der Waals surface area contributed by atoms with Gasteiger partial charge in [-0.05, 0) is 35.9 Å². The molecule has 0 saturated carbocycles. The molecule has 0 bridgehead atoms. The van der Waals surface area contributed by atoms with E-state index in [1.165, 1.54) is 0 Å². The quantitative estimate of drug-likeness (QED) is 0.0591. The predicted octanol–water partition coefficient (Wildman–Crippen LogP) is -1.96. The summed E-state index contributed by atoms with van der Waals surface area (Å²) in [6.07, 6.45) is 1.58. The molecule has 2 aromatic carbocycles. The van der Waals surface area contributed by atoms with Crippen molar-refractivity contribution in [3.63, 3.8) is 0 Å². The summed E-state index contributed by atoms with van der Waals surface area (Å²) < 4.78 is 0. The van der Waals surface area contributed by atoms with Gasteiger partial charge in [0.25, 0.3) is 23.2 Å². The average molecular weight is 573 g/mol. The van der Waals surface area contributed by atoms with Crippen LogP contribution in [0.1, 0.15) is 46.9 Å². The number of carbonyl (C=O) groups is 3. The Labute approximate surface area is 234 Å². The minimum absolute atomic E-state index is 0.0741. The number of hydrogen-bond donors (Lipinski definition) is 6. The standard InChI is InChI=1S/C23H29B2N5O11/c1-2-3-5-26-21(31)14-28(23(33)16-9-18(25(36)37)13-20(11-16)30(40)41)7-4-6-27-22(32)15-8-17(24(34)35)12-19(10-15)29(38)39/h8-13,34-37H,2-7,14H2,1H3,(H,26,31)(H,27,32). The van der Waals surface area contributed by atoms with Gasteiger partial charge >= 0.3 is 14.2 Å². The van der Waals surface area contributed by atoms with Gasteiger partial charge in [-0.2, -0.15) is 0 Å². The summed E-state index contributed by atoms with van der Waals surface area (Å²) in [7, 11) is -4.14. The monoisotopic (exact) mass is 573 g/mol. The highest BCUT2D eigenvalue weighted by Gasteiger charge is 2.25. The maximum absolute atomic E-state index is 13.3. The van der Waals surface area contributed by atoms with Gasteiger partial charge in [-0.1, -0.05) is 13.3 Å². The number of carbonyl (C=O) groups excluding carboxylic acids is 3. The van der Waals surface area contributed by atoms with E-state index in [-0.39, 0.29) is 41.6 Å². The highest BCUT2D eigenvalue weighted by molar-refractivity contribution is 6.59. The number of non-ortho nitro benzene ring substituents is 2. The maximum atomic E-state index is 13.3. The summed E-state index contributed by atoms with van der Waals surface area (Å²) in [6, 6.07) is 5.82. The van der Waals surface area contributed by atoms with Crippen molar-refractivity contribution < 1.29 is 44.3 Å². The molecule has 0 spiro atoms. The van der Waals surface area contributed by atoms with E-state index in [2.05, 4.69) is 10.6 Å². The first-order valence-electron chi connectivity index (χ1n) is 12.5. The van der Waals surface area contributed by atoms with Crippen LogP contribution in [-0.4, -0.2) is 93.0 Å². The Morgan fingerprint density at radius 3 is 1.83 bits per heavy atom. The molecule has 18 heteroatoms. The lowest BCUT2D eigenvalue weighted by atomic mass is 9.79. The molecule has 0 aliphatic carbocycles. The first-order valence-corrected chi connectivity index (χ1v) is 12.5. The summed E-state index contributed by atoms with van der Waals surface area (Å²) in [5, 5.41) is 65.3. The second-order valence-corrected chi connectivity index (χ2v) is 8.93. The lowest BCUT2D eigenvalue weighted by Gasteiger charge is -2.23. The molecule has 0 aliphatic heterocycles. The van der Waals surface area contributed by atoms with Crippen molar-refractivity contribution in [2.75, 3.05) is 26.2 Å². The fourth-order valence-electron chi connectivity index (χ4n) is 3.68. The zero-order valence-corrected chi connectivity index (χ0v) is 22.1.